The van der Waals surface area contributed by atoms with Gasteiger partial charge in [-0.3, -0.25) is 0 Å². The molecule has 0 bridgehead atoms. The van der Waals surface area contributed by atoms with Gasteiger partial charge in [-0.05, 0) is 128 Å². The fourth-order valence-electron chi connectivity index (χ4n) is 5.19. The first-order valence-corrected chi connectivity index (χ1v) is 13.6. The van der Waals surface area contributed by atoms with Crippen molar-refractivity contribution in [3.05, 3.63) is 0 Å². The van der Waals surface area contributed by atoms with Crippen LogP contribution in [-0.2, 0) is 0 Å². The molecule has 184 valence electrons. The minimum Gasteiger partial charge on any atom is -0.317 e. The van der Waals surface area contributed by atoms with Crippen LogP contribution in [0.15, 0.2) is 0 Å². The predicted molar refractivity (Wildman–Crippen MR) is 135 cm³/mol. The normalized spacial score (nSPS) is 29.3. The topological polar surface area (TPSA) is 72.2 Å². The molecule has 0 amide bonds. The predicted octanol–water partition coefficient (Wildman–Crippen LogP) is 1.93. The first kappa shape index (κ1) is 27.0. The maximum absolute atomic E-state index is 3.71. The Morgan fingerprint density at radius 3 is 1.52 bits per heavy atom. The number of hydrogen-bond acceptors (Lipinski definition) is 6. The molecular formula is C25H54N6. The fourth-order valence-corrected chi connectivity index (χ4v) is 5.19. The van der Waals surface area contributed by atoms with Gasteiger partial charge in [-0.15, -0.1) is 0 Å². The van der Waals surface area contributed by atoms with Crippen molar-refractivity contribution >= 4 is 0 Å². The van der Waals surface area contributed by atoms with E-state index in [4.69, 9.17) is 0 Å². The number of nitrogens with one attached hydrogen (secondary N) is 6. The summed E-state index contributed by atoms with van der Waals surface area (Å²) in [5.41, 5.74) is 0. The SMILES string of the molecule is CC(CC1CCCNCCNCCCNCC1)C1CCCNCCNCCCNCC1. The third kappa shape index (κ3) is 14.5. The van der Waals surface area contributed by atoms with Crippen LogP contribution < -0.4 is 31.9 Å². The van der Waals surface area contributed by atoms with E-state index in [9.17, 15) is 0 Å². The van der Waals surface area contributed by atoms with Crippen molar-refractivity contribution in [2.45, 2.75) is 64.7 Å². The maximum atomic E-state index is 3.71. The van der Waals surface area contributed by atoms with Crippen molar-refractivity contribution < 1.29 is 0 Å². The molecule has 2 heterocycles. The van der Waals surface area contributed by atoms with E-state index in [1.165, 1.54) is 84.0 Å². The van der Waals surface area contributed by atoms with Gasteiger partial charge in [-0.1, -0.05) is 6.92 Å². The van der Waals surface area contributed by atoms with Crippen LogP contribution in [0, 0.1) is 17.8 Å². The Balaban J connectivity index is 1.79. The lowest BCUT2D eigenvalue weighted by Crippen LogP contribution is -2.32. The first-order chi connectivity index (χ1) is 15.4. The molecule has 2 aliphatic heterocycles. The molecule has 3 atom stereocenters. The van der Waals surface area contributed by atoms with Crippen molar-refractivity contribution in [2.24, 2.45) is 17.8 Å². The summed E-state index contributed by atoms with van der Waals surface area (Å²) >= 11 is 0. The van der Waals surface area contributed by atoms with Gasteiger partial charge in [0.2, 0.25) is 0 Å². The maximum Gasteiger partial charge on any atom is 0.00767 e. The van der Waals surface area contributed by atoms with E-state index in [1.54, 1.807) is 0 Å². The van der Waals surface area contributed by atoms with Crippen LogP contribution in [-0.4, -0.2) is 78.5 Å². The zero-order valence-corrected chi connectivity index (χ0v) is 20.6. The second kappa shape index (κ2) is 19.2. The highest BCUT2D eigenvalue weighted by atomic mass is 15.0. The highest BCUT2D eigenvalue weighted by Gasteiger charge is 2.21. The standard InChI is InChI=1S/C25H54N6/c1-23(25-7-3-11-29-19-21-31-15-5-13-27-17-9-25)22-24-6-2-10-28-18-20-30-14-4-12-26-16-8-24/h23-31H,2-22H2,1H3. The molecule has 6 nitrogen and oxygen atoms in total. The monoisotopic (exact) mass is 438 g/mol. The molecule has 0 spiro atoms. The van der Waals surface area contributed by atoms with Gasteiger partial charge in [0.05, 0.1) is 0 Å². The van der Waals surface area contributed by atoms with Crippen LogP contribution >= 0.6 is 0 Å². The minimum absolute atomic E-state index is 0.831. The number of rotatable bonds is 3. The van der Waals surface area contributed by atoms with Crippen molar-refractivity contribution in [1.82, 2.24) is 31.9 Å². The quantitative estimate of drug-likeness (QED) is 0.405. The van der Waals surface area contributed by atoms with Gasteiger partial charge >= 0.3 is 0 Å². The van der Waals surface area contributed by atoms with Gasteiger partial charge < -0.3 is 31.9 Å². The highest BCUT2D eigenvalue weighted by Crippen LogP contribution is 2.30. The van der Waals surface area contributed by atoms with Gasteiger partial charge in [0.15, 0.2) is 0 Å². The summed E-state index contributed by atoms with van der Waals surface area (Å²) in [6.45, 7) is 16.3. The molecule has 31 heavy (non-hydrogen) atoms. The van der Waals surface area contributed by atoms with Crippen LogP contribution in [0.2, 0.25) is 0 Å². The zero-order valence-electron chi connectivity index (χ0n) is 20.6. The molecule has 6 N–H and O–H groups in total. The van der Waals surface area contributed by atoms with Crippen LogP contribution in [0.5, 0.6) is 0 Å². The Morgan fingerprint density at radius 2 is 0.935 bits per heavy atom. The average Bonchev–Trinajstić information content (AvgIpc) is 2.77. The van der Waals surface area contributed by atoms with Crippen LogP contribution in [0.4, 0.5) is 0 Å². The molecule has 3 unspecified atom stereocenters. The Bertz CT molecular complexity index is 366. The Hall–Kier alpha value is -0.240. The summed E-state index contributed by atoms with van der Waals surface area (Å²) in [5, 5.41) is 21.7. The van der Waals surface area contributed by atoms with E-state index in [0.29, 0.717) is 0 Å². The molecule has 0 saturated carbocycles. The van der Waals surface area contributed by atoms with Crippen molar-refractivity contribution in [3.8, 4) is 0 Å². The lowest BCUT2D eigenvalue weighted by atomic mass is 9.79. The fraction of sp³-hybridized carbons (Fsp3) is 1.00. The second-order valence-corrected chi connectivity index (χ2v) is 9.91. The van der Waals surface area contributed by atoms with Gasteiger partial charge in [0.1, 0.15) is 0 Å². The third-order valence-corrected chi connectivity index (χ3v) is 7.20. The molecule has 0 aliphatic carbocycles. The Kier molecular flexibility index (Phi) is 16.8. The summed E-state index contributed by atoms with van der Waals surface area (Å²) < 4.78 is 0. The molecule has 0 aromatic heterocycles. The van der Waals surface area contributed by atoms with Crippen LogP contribution in [0.1, 0.15) is 64.7 Å². The molecule has 2 saturated heterocycles. The Morgan fingerprint density at radius 1 is 0.484 bits per heavy atom. The molecule has 6 heteroatoms. The van der Waals surface area contributed by atoms with E-state index < -0.39 is 0 Å². The lowest BCUT2D eigenvalue weighted by molar-refractivity contribution is 0.237. The number of hydrogen-bond donors (Lipinski definition) is 6. The molecule has 0 aromatic carbocycles. The van der Waals surface area contributed by atoms with E-state index >= 15 is 0 Å². The summed E-state index contributed by atoms with van der Waals surface area (Å²) in [6.07, 6.45) is 12.0. The molecule has 2 rings (SSSR count). The van der Waals surface area contributed by atoms with Gasteiger partial charge in [-0.2, -0.15) is 0 Å². The largest absolute Gasteiger partial charge is 0.317 e. The molecule has 2 aliphatic rings. The van der Waals surface area contributed by atoms with Crippen LogP contribution in [0.25, 0.3) is 0 Å². The molecule has 2 fully saturated rings. The molecular weight excluding hydrogens is 384 g/mol. The third-order valence-electron chi connectivity index (χ3n) is 7.20. The van der Waals surface area contributed by atoms with E-state index in [1.807, 2.05) is 0 Å². The van der Waals surface area contributed by atoms with E-state index in [0.717, 1.165) is 70.1 Å². The summed E-state index contributed by atoms with van der Waals surface area (Å²) in [7, 11) is 0. The van der Waals surface area contributed by atoms with Gasteiger partial charge in [0, 0.05) is 26.2 Å². The second-order valence-electron chi connectivity index (χ2n) is 9.91. The molecule has 0 aromatic rings. The first-order valence-electron chi connectivity index (χ1n) is 13.6. The highest BCUT2D eigenvalue weighted by molar-refractivity contribution is 4.74. The van der Waals surface area contributed by atoms with Crippen molar-refractivity contribution in [1.29, 1.82) is 0 Å². The van der Waals surface area contributed by atoms with Gasteiger partial charge in [-0.25, -0.2) is 0 Å². The van der Waals surface area contributed by atoms with Crippen molar-refractivity contribution in [3.63, 3.8) is 0 Å². The van der Waals surface area contributed by atoms with Crippen LogP contribution in [0.3, 0.4) is 0 Å². The molecule has 0 radical (unpaired) electrons. The Labute approximate surface area is 193 Å². The summed E-state index contributed by atoms with van der Waals surface area (Å²) in [4.78, 5) is 0. The summed E-state index contributed by atoms with van der Waals surface area (Å²) in [6, 6.07) is 0. The van der Waals surface area contributed by atoms with Crippen molar-refractivity contribution in [2.75, 3.05) is 78.5 Å². The van der Waals surface area contributed by atoms with Gasteiger partial charge in [0.25, 0.3) is 0 Å². The lowest BCUT2D eigenvalue weighted by Gasteiger charge is -2.29. The summed E-state index contributed by atoms with van der Waals surface area (Å²) in [5.74, 6) is 2.56. The zero-order chi connectivity index (χ0) is 21.8. The van der Waals surface area contributed by atoms with E-state index in [-0.39, 0.29) is 0 Å². The average molecular weight is 439 g/mol. The minimum atomic E-state index is 0.831. The smallest absolute Gasteiger partial charge is 0.00767 e. The van der Waals surface area contributed by atoms with E-state index in [2.05, 4.69) is 38.8 Å².